The van der Waals surface area contributed by atoms with Gasteiger partial charge in [-0.2, -0.15) is 0 Å². The number of hydrogen-bond acceptors (Lipinski definition) is 3. The predicted octanol–water partition coefficient (Wildman–Crippen LogP) is 4.39. The molecule has 3 rings (SSSR count). The highest BCUT2D eigenvalue weighted by Crippen LogP contribution is 2.36. The van der Waals surface area contributed by atoms with Gasteiger partial charge in [-0.25, -0.2) is 9.37 Å². The summed E-state index contributed by atoms with van der Waals surface area (Å²) in [5, 5.41) is 2.13. The Morgan fingerprint density at radius 3 is 2.81 bits per heavy atom. The highest BCUT2D eigenvalue weighted by atomic mass is 79.9. The van der Waals surface area contributed by atoms with Gasteiger partial charge in [-0.3, -0.25) is 0 Å². The first-order valence-electron chi connectivity index (χ1n) is 6.38. The summed E-state index contributed by atoms with van der Waals surface area (Å²) in [5.74, 6) is 0.498. The molecule has 0 atom stereocenters. The summed E-state index contributed by atoms with van der Waals surface area (Å²) in [5.41, 5.74) is 6.13. The van der Waals surface area contributed by atoms with E-state index in [1.165, 1.54) is 6.07 Å². The second kappa shape index (κ2) is 5.79. The van der Waals surface area contributed by atoms with Crippen molar-refractivity contribution in [3.8, 4) is 11.6 Å². The number of halogens is 2. The van der Waals surface area contributed by atoms with Gasteiger partial charge < -0.3 is 10.5 Å². The lowest BCUT2D eigenvalue weighted by atomic mass is 10.1. The van der Waals surface area contributed by atoms with Crippen LogP contribution in [0.1, 0.15) is 5.56 Å². The van der Waals surface area contributed by atoms with Crippen molar-refractivity contribution < 1.29 is 9.13 Å². The summed E-state index contributed by atoms with van der Waals surface area (Å²) in [6, 6.07) is 13.1. The van der Waals surface area contributed by atoms with Crippen LogP contribution in [0.4, 0.5) is 4.39 Å². The highest BCUT2D eigenvalue weighted by molar-refractivity contribution is 9.10. The molecule has 2 N–H and O–H groups in total. The summed E-state index contributed by atoms with van der Waals surface area (Å²) < 4.78 is 19.8. The van der Waals surface area contributed by atoms with Crippen molar-refractivity contribution in [3.63, 3.8) is 0 Å². The first-order valence-corrected chi connectivity index (χ1v) is 7.18. The van der Waals surface area contributed by atoms with Gasteiger partial charge in [0.1, 0.15) is 11.6 Å². The summed E-state index contributed by atoms with van der Waals surface area (Å²) in [4.78, 5) is 3.97. The van der Waals surface area contributed by atoms with E-state index < -0.39 is 5.82 Å². The fourth-order valence-corrected chi connectivity index (χ4v) is 2.68. The third-order valence-corrected chi connectivity index (χ3v) is 3.96. The number of fused-ring (bicyclic) bond motifs is 1. The molecular formula is C16H12BrFN2O. The largest absolute Gasteiger partial charge is 0.437 e. The fraction of sp³-hybridized carbons (Fsp3) is 0.0625. The van der Waals surface area contributed by atoms with E-state index >= 15 is 0 Å². The van der Waals surface area contributed by atoms with Crippen LogP contribution in [0.3, 0.4) is 0 Å². The number of nitrogens with two attached hydrogens (primary N) is 1. The van der Waals surface area contributed by atoms with Crippen molar-refractivity contribution >= 4 is 26.7 Å². The molecule has 106 valence electrons. The minimum atomic E-state index is -0.430. The molecule has 1 aromatic heterocycles. The van der Waals surface area contributed by atoms with Crippen LogP contribution in [-0.4, -0.2) is 4.98 Å². The van der Waals surface area contributed by atoms with Gasteiger partial charge in [-0.15, -0.1) is 0 Å². The van der Waals surface area contributed by atoms with Crippen LogP contribution in [0.25, 0.3) is 10.8 Å². The van der Waals surface area contributed by atoms with Crippen molar-refractivity contribution in [3.05, 3.63) is 64.5 Å². The summed E-state index contributed by atoms with van der Waals surface area (Å²) in [7, 11) is 0. The molecule has 0 fully saturated rings. The van der Waals surface area contributed by atoms with E-state index in [0.29, 0.717) is 17.2 Å². The third kappa shape index (κ3) is 2.75. The number of benzene rings is 2. The minimum absolute atomic E-state index is 0.158. The third-order valence-electron chi connectivity index (χ3n) is 3.15. The Morgan fingerprint density at radius 1 is 1.19 bits per heavy atom. The lowest BCUT2D eigenvalue weighted by Gasteiger charge is -2.11. The van der Waals surface area contributed by atoms with Crippen LogP contribution in [0.2, 0.25) is 0 Å². The van der Waals surface area contributed by atoms with Crippen molar-refractivity contribution in [2.45, 2.75) is 6.54 Å². The lowest BCUT2D eigenvalue weighted by molar-refractivity contribution is 0.450. The molecule has 21 heavy (non-hydrogen) atoms. The number of rotatable bonds is 3. The second-order valence-corrected chi connectivity index (χ2v) is 5.32. The Morgan fingerprint density at radius 2 is 2.00 bits per heavy atom. The molecular weight excluding hydrogens is 335 g/mol. The van der Waals surface area contributed by atoms with Crippen molar-refractivity contribution in [2.75, 3.05) is 0 Å². The molecule has 0 unspecified atom stereocenters. The molecule has 0 saturated carbocycles. The van der Waals surface area contributed by atoms with Crippen LogP contribution >= 0.6 is 15.9 Å². The normalized spacial score (nSPS) is 10.8. The van der Waals surface area contributed by atoms with Crippen LogP contribution < -0.4 is 10.5 Å². The second-order valence-electron chi connectivity index (χ2n) is 4.52. The van der Waals surface area contributed by atoms with E-state index in [-0.39, 0.29) is 6.54 Å². The van der Waals surface area contributed by atoms with E-state index in [1.54, 1.807) is 0 Å². The summed E-state index contributed by atoms with van der Waals surface area (Å²) >= 11 is 3.54. The maximum Gasteiger partial charge on any atom is 0.223 e. The van der Waals surface area contributed by atoms with E-state index in [9.17, 15) is 4.39 Å². The zero-order valence-corrected chi connectivity index (χ0v) is 12.6. The van der Waals surface area contributed by atoms with Gasteiger partial charge in [-0.1, -0.05) is 30.3 Å². The van der Waals surface area contributed by atoms with Gasteiger partial charge in [0.15, 0.2) is 0 Å². The standard InChI is InChI=1S/C16H12BrFN2O/c17-15-13-4-2-1-3-10(13)5-6-14(15)21-16-11(8-19)7-12(18)9-20-16/h1-7,9H,8,19H2. The monoisotopic (exact) mass is 346 g/mol. The molecule has 0 saturated heterocycles. The van der Waals surface area contributed by atoms with Crippen molar-refractivity contribution in [2.24, 2.45) is 5.73 Å². The number of hydrogen-bond donors (Lipinski definition) is 1. The molecule has 0 amide bonds. The lowest BCUT2D eigenvalue weighted by Crippen LogP contribution is -2.02. The van der Waals surface area contributed by atoms with Gasteiger partial charge in [0, 0.05) is 12.1 Å². The smallest absolute Gasteiger partial charge is 0.223 e. The quantitative estimate of drug-likeness (QED) is 0.765. The average Bonchev–Trinajstić information content (AvgIpc) is 2.51. The number of nitrogens with zero attached hydrogens (tertiary/aromatic N) is 1. The number of ether oxygens (including phenoxy) is 1. The van der Waals surface area contributed by atoms with Gasteiger partial charge in [0.25, 0.3) is 0 Å². The molecule has 5 heteroatoms. The Labute approximate surface area is 129 Å². The van der Waals surface area contributed by atoms with E-state index in [1.807, 2.05) is 36.4 Å². The van der Waals surface area contributed by atoms with Crippen LogP contribution in [0.15, 0.2) is 53.1 Å². The van der Waals surface area contributed by atoms with Gasteiger partial charge in [0.05, 0.1) is 10.7 Å². The molecule has 0 spiro atoms. The first kappa shape index (κ1) is 14.0. The van der Waals surface area contributed by atoms with Crippen LogP contribution in [0.5, 0.6) is 11.6 Å². The summed E-state index contributed by atoms with van der Waals surface area (Å²) in [6.45, 7) is 0.158. The number of pyridine rings is 1. The molecule has 3 nitrogen and oxygen atoms in total. The van der Waals surface area contributed by atoms with Crippen molar-refractivity contribution in [1.82, 2.24) is 4.98 Å². The SMILES string of the molecule is NCc1cc(F)cnc1Oc1ccc2ccccc2c1Br. The Balaban J connectivity index is 2.04. The maximum absolute atomic E-state index is 13.2. The molecule has 2 aromatic carbocycles. The molecule has 0 aliphatic carbocycles. The molecule has 0 radical (unpaired) electrons. The van der Waals surface area contributed by atoms with E-state index in [2.05, 4.69) is 20.9 Å². The van der Waals surface area contributed by atoms with Gasteiger partial charge in [0.2, 0.25) is 5.88 Å². The topological polar surface area (TPSA) is 48.1 Å². The Bertz CT molecular complexity index is 807. The van der Waals surface area contributed by atoms with Crippen molar-refractivity contribution in [1.29, 1.82) is 0 Å². The van der Waals surface area contributed by atoms with Crippen LogP contribution in [-0.2, 0) is 6.54 Å². The Hall–Kier alpha value is -1.98. The maximum atomic E-state index is 13.2. The first-order chi connectivity index (χ1) is 10.2. The molecule has 0 aliphatic rings. The van der Waals surface area contributed by atoms with E-state index in [4.69, 9.17) is 10.5 Å². The van der Waals surface area contributed by atoms with Gasteiger partial charge >= 0.3 is 0 Å². The summed E-state index contributed by atoms with van der Waals surface area (Å²) in [6.07, 6.45) is 1.11. The van der Waals surface area contributed by atoms with Crippen LogP contribution in [0, 0.1) is 5.82 Å². The molecule has 0 aliphatic heterocycles. The molecule has 0 bridgehead atoms. The van der Waals surface area contributed by atoms with Gasteiger partial charge in [-0.05, 0) is 38.8 Å². The zero-order valence-electron chi connectivity index (χ0n) is 11.0. The number of aromatic nitrogens is 1. The zero-order chi connectivity index (χ0) is 14.8. The predicted molar refractivity (Wildman–Crippen MR) is 83.8 cm³/mol. The molecule has 3 aromatic rings. The van der Waals surface area contributed by atoms with E-state index in [0.717, 1.165) is 21.4 Å². The average molecular weight is 347 g/mol. The minimum Gasteiger partial charge on any atom is -0.437 e. The Kier molecular flexibility index (Phi) is 3.86. The molecule has 1 heterocycles. The highest BCUT2D eigenvalue weighted by Gasteiger charge is 2.11. The fourth-order valence-electron chi connectivity index (χ4n) is 2.10.